The van der Waals surface area contributed by atoms with Gasteiger partial charge >= 0.3 is 12.7 Å². The molecular weight excluding hydrogens is 183 g/mol. The molecule has 0 aromatic carbocycles. The Labute approximate surface area is 61.8 Å². The number of rotatable bonds is 3. The van der Waals surface area contributed by atoms with Crippen molar-refractivity contribution in [1.82, 2.24) is 0 Å². The van der Waals surface area contributed by atoms with Gasteiger partial charge in [0.05, 0.1) is 0 Å². The Morgan fingerprint density at radius 1 is 1.80 bits per heavy atom. The standard InChI is InChI=1S/C3H5O5PS/c1-2(3(4)5)8-9(6,7)10/h1H2,(H,4,5)(H2,6,7,10)/i6+2,8+2. The van der Waals surface area contributed by atoms with Crippen LogP contribution in [0.5, 0.6) is 0 Å². The number of carboxylic acid groups (broad SMARTS) is 1. The molecule has 3 N–H and O–H groups in total. The normalized spacial score (nSPS) is 15.4. The molecule has 0 saturated heterocycles. The highest BCUT2D eigenvalue weighted by molar-refractivity contribution is 8.06. The number of hydrogen-bond donors (Lipinski definition) is 3. The summed E-state index contributed by atoms with van der Waals surface area (Å²) in [5, 5.41) is 8.07. The number of carboxylic acids is 1. The Kier molecular flexibility index (Phi) is 2.98. The Morgan fingerprint density at radius 3 is 2.30 bits per heavy atom. The summed E-state index contributed by atoms with van der Waals surface area (Å²) in [5.74, 6) is -2.24. The van der Waals surface area contributed by atoms with Crippen molar-refractivity contribution in [2.24, 2.45) is 0 Å². The molecule has 0 aliphatic rings. The molecular formula is C3H5O5PS. The molecule has 0 aliphatic heterocycles. The van der Waals surface area contributed by atoms with E-state index < -0.39 is 18.4 Å². The number of hydrogen-bond acceptors (Lipinski definition) is 3. The third-order valence-electron chi connectivity index (χ3n) is 0.468. The molecule has 0 aromatic rings. The highest BCUT2D eigenvalue weighted by Gasteiger charge is 2.15. The van der Waals surface area contributed by atoms with Crippen LogP contribution in [0.4, 0.5) is 0 Å². The molecule has 0 aliphatic carbocycles. The highest BCUT2D eigenvalue weighted by Crippen LogP contribution is 2.38. The van der Waals surface area contributed by atoms with Gasteiger partial charge in [-0.15, -0.1) is 0 Å². The van der Waals surface area contributed by atoms with Gasteiger partial charge in [-0.05, 0) is 6.58 Å². The van der Waals surface area contributed by atoms with E-state index in [1.54, 1.807) is 0 Å². The van der Waals surface area contributed by atoms with Crippen molar-refractivity contribution in [3.8, 4) is 0 Å². The van der Waals surface area contributed by atoms with Gasteiger partial charge in [0.25, 0.3) is 0 Å². The Balaban J connectivity index is 4.07. The SMILES string of the molecule is C=C([18O]P(O)([18OH])=S)C(=O)O. The maximum absolute atomic E-state index is 9.90. The average molecular weight is 188 g/mol. The van der Waals surface area contributed by atoms with E-state index in [2.05, 4.69) is 22.9 Å². The fourth-order valence-corrected chi connectivity index (χ4v) is 0.818. The van der Waals surface area contributed by atoms with Gasteiger partial charge in [0.1, 0.15) is 0 Å². The first kappa shape index (κ1) is 9.58. The van der Waals surface area contributed by atoms with Crippen molar-refractivity contribution in [2.45, 2.75) is 0 Å². The Morgan fingerprint density at radius 2 is 2.20 bits per heavy atom. The summed E-state index contributed by atoms with van der Waals surface area (Å²) in [6, 6.07) is 0. The van der Waals surface area contributed by atoms with Gasteiger partial charge in [-0.3, -0.25) is 0 Å². The van der Waals surface area contributed by atoms with Gasteiger partial charge in [0.2, 0.25) is 5.76 Å². The molecule has 1 atom stereocenters. The first-order valence-corrected chi connectivity index (χ1v) is 4.63. The maximum atomic E-state index is 9.90. The lowest BCUT2D eigenvalue weighted by Gasteiger charge is -2.07. The predicted molar refractivity (Wildman–Crippen MR) is 36.6 cm³/mol. The van der Waals surface area contributed by atoms with Gasteiger partial charge in [0.15, 0.2) is 0 Å². The van der Waals surface area contributed by atoms with Crippen LogP contribution < -0.4 is 0 Å². The molecule has 0 bridgehead atoms. The second kappa shape index (κ2) is 3.12. The zero-order valence-corrected chi connectivity index (χ0v) is 6.43. The third kappa shape index (κ3) is 4.46. The lowest BCUT2D eigenvalue weighted by Crippen LogP contribution is -2.01. The lowest BCUT2D eigenvalue weighted by atomic mass is 10.6. The Bertz CT molecular complexity index is 205. The minimum Gasteiger partial charge on any atom is -0.475 e. The molecule has 0 spiro atoms. The quantitative estimate of drug-likeness (QED) is 0.246. The first-order chi connectivity index (χ1) is 4.33. The maximum Gasteiger partial charge on any atom is 0.375 e. The second-order valence-corrected chi connectivity index (χ2v) is 3.90. The molecule has 0 aromatic heterocycles. The van der Waals surface area contributed by atoms with Crippen molar-refractivity contribution in [2.75, 3.05) is 0 Å². The van der Waals surface area contributed by atoms with E-state index in [9.17, 15) is 4.79 Å². The summed E-state index contributed by atoms with van der Waals surface area (Å²) in [6.07, 6.45) is 0. The predicted octanol–water partition coefficient (Wildman–Crippen LogP) is -0.190. The zero-order chi connectivity index (χ0) is 8.36. The molecule has 1 unspecified atom stereocenters. The van der Waals surface area contributed by atoms with Crippen molar-refractivity contribution < 1.29 is 24.2 Å². The van der Waals surface area contributed by atoms with Crippen molar-refractivity contribution in [3.05, 3.63) is 12.3 Å². The van der Waals surface area contributed by atoms with Gasteiger partial charge < -0.3 is 19.4 Å². The Hall–Kier alpha value is -0.420. The third-order valence-corrected chi connectivity index (χ3v) is 1.15. The fourth-order valence-electron chi connectivity index (χ4n) is 0.183. The van der Waals surface area contributed by atoms with Crippen LogP contribution in [0.1, 0.15) is 0 Å². The number of aliphatic carboxylic acids is 1. The van der Waals surface area contributed by atoms with E-state index in [4.69, 9.17) is 14.9 Å². The average Bonchev–Trinajstić information content (AvgIpc) is 1.60. The summed E-state index contributed by atoms with van der Waals surface area (Å²) < 4.78 is 3.94. The van der Waals surface area contributed by atoms with E-state index in [0.29, 0.717) is 0 Å². The minimum absolute atomic E-state index is 0.770. The molecule has 58 valence electrons. The van der Waals surface area contributed by atoms with Crippen molar-refractivity contribution in [3.63, 3.8) is 0 Å². The highest BCUT2D eigenvalue weighted by atomic mass is 32.5. The molecule has 0 heterocycles. The van der Waals surface area contributed by atoms with Gasteiger partial charge in [-0.2, -0.15) is 0 Å². The first-order valence-electron chi connectivity index (χ1n) is 2.00. The lowest BCUT2D eigenvalue weighted by molar-refractivity contribution is -0.135. The van der Waals surface area contributed by atoms with Crippen LogP contribution in [0, 0.1) is 0 Å². The molecule has 0 rings (SSSR count). The van der Waals surface area contributed by atoms with E-state index in [-0.39, 0.29) is 0 Å². The molecule has 5 nitrogen and oxygen atoms in total. The van der Waals surface area contributed by atoms with Crippen LogP contribution in [0.15, 0.2) is 12.3 Å². The van der Waals surface area contributed by atoms with Crippen molar-refractivity contribution in [1.29, 1.82) is 0 Å². The topological polar surface area (TPSA) is 87.0 Å². The summed E-state index contributed by atoms with van der Waals surface area (Å²) in [4.78, 5) is 26.6. The summed E-state index contributed by atoms with van der Waals surface area (Å²) >= 11 is 3.96. The molecule has 0 radical (unpaired) electrons. The van der Waals surface area contributed by atoms with E-state index >= 15 is 0 Å². The van der Waals surface area contributed by atoms with E-state index in [1.165, 1.54) is 0 Å². The van der Waals surface area contributed by atoms with Crippen molar-refractivity contribution >= 4 is 24.5 Å². The molecule has 0 saturated carbocycles. The molecule has 7 heteroatoms. The summed E-state index contributed by atoms with van der Waals surface area (Å²) in [7, 11) is 0. The fraction of sp³-hybridized carbons (Fsp3) is 0. The van der Waals surface area contributed by atoms with E-state index in [1.807, 2.05) is 0 Å². The molecule has 0 fully saturated rings. The monoisotopic (exact) mass is 188 g/mol. The van der Waals surface area contributed by atoms with Crippen LogP contribution in [-0.4, -0.2) is 20.9 Å². The van der Waals surface area contributed by atoms with Gasteiger partial charge in [-0.25, -0.2) is 4.79 Å². The molecule has 10 heavy (non-hydrogen) atoms. The molecule has 0 amide bonds. The second-order valence-electron chi connectivity index (χ2n) is 1.31. The smallest absolute Gasteiger partial charge is 0.375 e. The summed E-state index contributed by atoms with van der Waals surface area (Å²) in [6.45, 7) is -1.06. The van der Waals surface area contributed by atoms with Crippen LogP contribution >= 0.6 is 6.72 Å². The largest absolute Gasteiger partial charge is 0.475 e. The number of carbonyl (C=O) groups is 1. The van der Waals surface area contributed by atoms with Gasteiger partial charge in [0, 0.05) is 11.8 Å². The van der Waals surface area contributed by atoms with Crippen LogP contribution in [-0.2, 0) is 21.1 Å². The van der Waals surface area contributed by atoms with Crippen LogP contribution in [0.3, 0.4) is 0 Å². The summed E-state index contributed by atoms with van der Waals surface area (Å²) in [5.41, 5.74) is 0. The van der Waals surface area contributed by atoms with Crippen LogP contribution in [0.2, 0.25) is 0 Å². The van der Waals surface area contributed by atoms with Crippen LogP contribution in [0.25, 0.3) is 0 Å². The van der Waals surface area contributed by atoms with E-state index in [0.717, 1.165) is 0 Å². The minimum atomic E-state index is -3.92. The van der Waals surface area contributed by atoms with Gasteiger partial charge in [-0.1, -0.05) is 0 Å². The zero-order valence-electron chi connectivity index (χ0n) is 4.72.